The Morgan fingerprint density at radius 2 is 0.639 bits per heavy atom. The third-order valence-electron chi connectivity index (χ3n) is 18.5. The molecule has 0 radical (unpaired) electrons. The predicted octanol–water partition coefficient (Wildman–Crippen LogP) is 6.38. The van der Waals surface area contributed by atoms with Gasteiger partial charge in [0.2, 0.25) is 9.05 Å². The molecule has 4 aliphatic carbocycles. The molecule has 72 heavy (non-hydrogen) atoms. The third-order valence-corrected chi connectivity index (χ3v) is 20.4. The molecular weight excluding hydrogens is 948 g/mol. The Hall–Kier alpha value is -4.00. The van der Waals surface area contributed by atoms with E-state index in [9.17, 15) is 8.42 Å². The van der Waals surface area contributed by atoms with Gasteiger partial charge in [0.05, 0.1) is 49.3 Å². The van der Waals surface area contributed by atoms with E-state index in [0.717, 1.165) is 75.0 Å². The molecule has 13 rings (SSSR count). The first-order valence-corrected chi connectivity index (χ1v) is 29.5. The van der Waals surface area contributed by atoms with Crippen LogP contribution in [0.15, 0.2) is 121 Å². The number of rotatable bonds is 9. The molecule has 4 aromatic carbocycles. The molecule has 9 aliphatic rings. The molecule has 0 amide bonds. The van der Waals surface area contributed by atoms with E-state index in [-0.39, 0.29) is 109 Å². The van der Waals surface area contributed by atoms with Crippen molar-refractivity contribution in [2.24, 2.45) is 47.3 Å². The lowest BCUT2D eigenvalue weighted by molar-refractivity contribution is 0.0257. The van der Waals surface area contributed by atoms with Crippen LogP contribution in [0.25, 0.3) is 0 Å². The molecule has 5 saturated heterocycles. The Bertz CT molecular complexity index is 2520. The average molecular weight is 1020 g/mol. The quantitative estimate of drug-likeness (QED) is 0.0871. The fraction of sp³-hybridized carbons (Fsp3) is 0.571. The van der Waals surface area contributed by atoms with Crippen molar-refractivity contribution < 1.29 is 27.4 Å². The van der Waals surface area contributed by atoms with Crippen molar-refractivity contribution in [3.8, 4) is 23.0 Å². The number of benzene rings is 4. The van der Waals surface area contributed by atoms with E-state index >= 15 is 0 Å². The number of ether oxygens (including phenoxy) is 4. The molecule has 8 N–H and O–H groups in total. The second-order valence-corrected chi connectivity index (χ2v) is 25.2. The zero-order valence-corrected chi connectivity index (χ0v) is 42.3. The molecule has 14 nitrogen and oxygen atoms in total. The van der Waals surface area contributed by atoms with Gasteiger partial charge in [-0.1, -0.05) is 72.8 Å². The van der Waals surface area contributed by atoms with Gasteiger partial charge in [-0.3, -0.25) is 42.5 Å². The van der Waals surface area contributed by atoms with Gasteiger partial charge < -0.3 is 18.9 Å². The van der Waals surface area contributed by atoms with Gasteiger partial charge in [-0.05, 0) is 143 Å². The van der Waals surface area contributed by atoms with Crippen molar-refractivity contribution in [2.75, 3.05) is 0 Å². The van der Waals surface area contributed by atoms with Crippen LogP contribution >= 0.6 is 10.7 Å². The van der Waals surface area contributed by atoms with Crippen LogP contribution in [0.4, 0.5) is 0 Å². The highest BCUT2D eigenvalue weighted by molar-refractivity contribution is 8.14. The van der Waals surface area contributed by atoms with Crippen molar-refractivity contribution in [3.63, 3.8) is 0 Å². The average Bonchev–Trinajstić information content (AvgIpc) is 4.14. The summed E-state index contributed by atoms with van der Waals surface area (Å²) in [6.07, 6.45) is 8.59. The van der Waals surface area contributed by atoms with Crippen LogP contribution in [0, 0.1) is 47.3 Å². The Morgan fingerprint density at radius 1 is 0.347 bits per heavy atom. The van der Waals surface area contributed by atoms with E-state index < -0.39 is 20.4 Å². The second kappa shape index (κ2) is 20.3. The summed E-state index contributed by atoms with van der Waals surface area (Å²) in [7, 11) is 2.45. The van der Waals surface area contributed by atoms with E-state index in [0.29, 0.717) is 24.5 Å². The van der Waals surface area contributed by atoms with Crippen molar-refractivity contribution in [1.29, 1.82) is 0 Å². The van der Waals surface area contributed by atoms with E-state index in [1.807, 2.05) is 42.5 Å². The molecule has 0 spiro atoms. The van der Waals surface area contributed by atoms with Crippen molar-refractivity contribution in [1.82, 2.24) is 42.5 Å². The normalized spacial score (nSPS) is 42.3. The summed E-state index contributed by atoms with van der Waals surface area (Å²) in [5.74, 6) is 4.30. The molecular formula is C56H71ClN8O6S. The molecule has 5 aliphatic heterocycles. The Labute approximate surface area is 429 Å². The number of hydrogen-bond acceptors (Lipinski definition) is 14. The Kier molecular flexibility index (Phi) is 13.4. The van der Waals surface area contributed by atoms with Gasteiger partial charge in [-0.15, -0.1) is 0 Å². The Morgan fingerprint density at radius 3 is 0.958 bits per heavy atom. The first-order chi connectivity index (χ1) is 35.3. The molecule has 384 valence electrons. The van der Waals surface area contributed by atoms with Gasteiger partial charge in [0.1, 0.15) is 52.7 Å². The standard InChI is InChI=1S/C56H71ClN8O6S/c57-72(66,67)43-31-30-39-47(48(43)71-35-22-11-4-12-23-35)56-64-51-38-26-15-29-42(70-34-20-9-3-10-21-34)46(38)54(62-51)60-49-36-24-13-27-40(68-32-16-5-1-6-17-32)44(36)53(58-49)59-50-37-25-14-28-41(69-33-18-7-2-8-19-33)45(37)55(61-50)63-52(39)65-56/h1-12,16-23,36-56,58-65H,13-15,24-31H2. The summed E-state index contributed by atoms with van der Waals surface area (Å²) in [4.78, 5) is 0. The number of fused-ring (bicyclic) bond motifs is 20. The lowest BCUT2D eigenvalue weighted by atomic mass is 9.74. The summed E-state index contributed by atoms with van der Waals surface area (Å²) in [5.41, 5.74) is 0. The number of halogens is 1. The maximum Gasteiger partial charge on any atom is 0.239 e. The monoisotopic (exact) mass is 1020 g/mol. The zero-order chi connectivity index (χ0) is 48.3. The third kappa shape index (κ3) is 9.32. The predicted molar refractivity (Wildman–Crippen MR) is 276 cm³/mol. The smallest absolute Gasteiger partial charge is 0.239 e. The summed E-state index contributed by atoms with van der Waals surface area (Å²) < 4.78 is 55.4. The number of nitrogens with one attached hydrogen (secondary N) is 8. The van der Waals surface area contributed by atoms with Gasteiger partial charge in [-0.2, -0.15) is 0 Å². The molecule has 21 atom stereocenters. The lowest BCUT2D eigenvalue weighted by Gasteiger charge is -2.42. The molecule has 4 aromatic rings. The summed E-state index contributed by atoms with van der Waals surface area (Å²) in [5, 5.41) is 32.8. The number of hydrogen-bond donors (Lipinski definition) is 8. The summed E-state index contributed by atoms with van der Waals surface area (Å²) >= 11 is 0. The van der Waals surface area contributed by atoms with Crippen LogP contribution in [-0.2, 0) is 9.05 Å². The highest BCUT2D eigenvalue weighted by Gasteiger charge is 2.61. The molecule has 0 aromatic heterocycles. The van der Waals surface area contributed by atoms with Crippen LogP contribution in [-0.4, -0.2) is 87.4 Å². The van der Waals surface area contributed by atoms with Gasteiger partial charge in [0.15, 0.2) is 0 Å². The van der Waals surface area contributed by atoms with E-state index in [2.05, 4.69) is 121 Å². The van der Waals surface area contributed by atoms with E-state index in [1.165, 1.54) is 0 Å². The van der Waals surface area contributed by atoms with Gasteiger partial charge in [0.25, 0.3) is 0 Å². The van der Waals surface area contributed by atoms with Crippen molar-refractivity contribution in [3.05, 3.63) is 121 Å². The highest BCUT2D eigenvalue weighted by atomic mass is 35.7. The molecule has 4 saturated carbocycles. The topological polar surface area (TPSA) is 167 Å². The van der Waals surface area contributed by atoms with Gasteiger partial charge in [-0.25, -0.2) is 8.42 Å². The van der Waals surface area contributed by atoms with E-state index in [4.69, 9.17) is 29.6 Å². The first-order valence-electron chi connectivity index (χ1n) is 27.2. The van der Waals surface area contributed by atoms with E-state index in [1.54, 1.807) is 0 Å². The van der Waals surface area contributed by atoms with Crippen molar-refractivity contribution in [2.45, 2.75) is 150 Å². The highest BCUT2D eigenvalue weighted by Crippen LogP contribution is 2.49. The van der Waals surface area contributed by atoms with Gasteiger partial charge in [0, 0.05) is 34.4 Å². The molecule has 8 bridgehead atoms. The maximum absolute atomic E-state index is 13.7. The minimum absolute atomic E-state index is 0.00844. The minimum atomic E-state index is -4.01. The number of para-hydroxylation sites is 4. The maximum atomic E-state index is 13.7. The summed E-state index contributed by atoms with van der Waals surface area (Å²) in [6, 6.07) is 40.6. The van der Waals surface area contributed by atoms with Crippen molar-refractivity contribution >= 4 is 19.7 Å². The minimum Gasteiger partial charge on any atom is -0.490 e. The van der Waals surface area contributed by atoms with Crippen LogP contribution in [0.5, 0.6) is 23.0 Å². The van der Waals surface area contributed by atoms with Crippen LogP contribution in [0.1, 0.15) is 70.6 Å². The lowest BCUT2D eigenvalue weighted by Crippen LogP contribution is -2.62. The zero-order valence-electron chi connectivity index (χ0n) is 40.7. The van der Waals surface area contributed by atoms with Crippen LogP contribution in [0.2, 0.25) is 0 Å². The van der Waals surface area contributed by atoms with Crippen LogP contribution in [0.3, 0.4) is 0 Å². The SMILES string of the molecule is O=S(=O)(Cl)C1CCC2C3NC4NC(NC5NC(NC6NC(NC(N3)C2C1Oc1ccccc1)C1CCCC(Oc2ccccc2)C61)C1CCCC(Oc2ccccc2)C51)C1CCCC(Oc2ccccc2)C41. The second-order valence-electron chi connectivity index (χ2n) is 22.3. The molecule has 21 unspecified atom stereocenters. The largest absolute Gasteiger partial charge is 0.490 e. The molecule has 16 heteroatoms. The first kappa shape index (κ1) is 47.7. The molecule has 9 fully saturated rings. The fourth-order valence-corrected chi connectivity index (χ4v) is 17.1. The fourth-order valence-electron chi connectivity index (χ4n) is 15.6. The molecule has 5 heterocycles. The summed E-state index contributed by atoms with van der Waals surface area (Å²) in [6.45, 7) is 0. The van der Waals surface area contributed by atoms with Crippen LogP contribution < -0.4 is 61.5 Å². The van der Waals surface area contributed by atoms with Gasteiger partial charge >= 0.3 is 0 Å². The Balaban J connectivity index is 0.902.